The molecule has 1 aliphatic carbocycles. The number of hydrogen-bond donors (Lipinski definition) is 1. The molecular formula is C24H27Cl2NO4. The van der Waals surface area contributed by atoms with Gasteiger partial charge in [-0.3, -0.25) is 4.79 Å². The minimum Gasteiger partial charge on any atom is -0.490 e. The molecule has 0 saturated heterocycles. The molecular weight excluding hydrogens is 437 g/mol. The molecule has 2 aromatic rings. The molecule has 0 spiro atoms. The molecule has 1 aliphatic rings. The zero-order valence-electron chi connectivity index (χ0n) is 18.0. The Labute approximate surface area is 193 Å². The van der Waals surface area contributed by atoms with E-state index >= 15 is 0 Å². The molecule has 5 nitrogen and oxygen atoms in total. The van der Waals surface area contributed by atoms with Gasteiger partial charge in [-0.05, 0) is 69.5 Å². The lowest BCUT2D eigenvalue weighted by Gasteiger charge is -2.29. The highest BCUT2D eigenvalue weighted by atomic mass is 35.5. The number of esters is 1. The fraction of sp³-hybridized carbons (Fsp3) is 0.417. The van der Waals surface area contributed by atoms with Crippen LogP contribution in [0, 0.1) is 0 Å². The molecule has 0 unspecified atom stereocenters. The van der Waals surface area contributed by atoms with Gasteiger partial charge in [0.1, 0.15) is 11.3 Å². The molecule has 1 fully saturated rings. The lowest BCUT2D eigenvalue weighted by Crippen LogP contribution is -2.38. The number of anilines is 1. The first-order valence-electron chi connectivity index (χ1n) is 10.5. The summed E-state index contributed by atoms with van der Waals surface area (Å²) in [4.78, 5) is 26.0. The fourth-order valence-electron chi connectivity index (χ4n) is 4.06. The Morgan fingerprint density at radius 2 is 1.81 bits per heavy atom. The van der Waals surface area contributed by atoms with Crippen molar-refractivity contribution in [3.8, 4) is 5.75 Å². The van der Waals surface area contributed by atoms with Crippen molar-refractivity contribution in [1.82, 2.24) is 0 Å². The number of halogens is 2. The number of carbonyl (C=O) groups excluding carboxylic acids is 2. The van der Waals surface area contributed by atoms with Gasteiger partial charge in [0.05, 0.1) is 18.1 Å². The summed E-state index contributed by atoms with van der Waals surface area (Å²) in [5.74, 6) is -0.227. The smallest absolute Gasteiger partial charge is 0.341 e. The van der Waals surface area contributed by atoms with E-state index in [9.17, 15) is 9.59 Å². The summed E-state index contributed by atoms with van der Waals surface area (Å²) in [5.41, 5.74) is 0.816. The lowest BCUT2D eigenvalue weighted by molar-refractivity contribution is -0.121. The number of benzene rings is 2. The van der Waals surface area contributed by atoms with Crippen molar-refractivity contribution >= 4 is 40.8 Å². The summed E-state index contributed by atoms with van der Waals surface area (Å²) in [5, 5.41) is 4.00. The molecule has 0 aromatic heterocycles. The van der Waals surface area contributed by atoms with Gasteiger partial charge in [-0.1, -0.05) is 42.1 Å². The Morgan fingerprint density at radius 3 is 2.42 bits per heavy atom. The van der Waals surface area contributed by atoms with E-state index in [0.29, 0.717) is 34.3 Å². The van der Waals surface area contributed by atoms with Gasteiger partial charge in [0.25, 0.3) is 0 Å². The van der Waals surface area contributed by atoms with E-state index in [0.717, 1.165) is 18.4 Å². The van der Waals surface area contributed by atoms with Gasteiger partial charge in [0.2, 0.25) is 5.91 Å². The van der Waals surface area contributed by atoms with Crippen molar-refractivity contribution in [2.75, 3.05) is 11.9 Å². The summed E-state index contributed by atoms with van der Waals surface area (Å²) >= 11 is 12.5. The summed E-state index contributed by atoms with van der Waals surface area (Å²) in [6.45, 7) is 5.75. The summed E-state index contributed by atoms with van der Waals surface area (Å²) in [7, 11) is 0. The molecule has 0 heterocycles. The minimum absolute atomic E-state index is 0.109. The van der Waals surface area contributed by atoms with Crippen molar-refractivity contribution in [3.63, 3.8) is 0 Å². The number of amides is 1. The van der Waals surface area contributed by atoms with E-state index in [1.165, 1.54) is 0 Å². The van der Waals surface area contributed by atoms with Gasteiger partial charge in [-0.15, -0.1) is 0 Å². The third-order valence-electron chi connectivity index (χ3n) is 5.43. The molecule has 0 atom stereocenters. The second-order valence-electron chi connectivity index (χ2n) is 7.97. The average Bonchev–Trinajstić information content (AvgIpc) is 3.20. The second kappa shape index (κ2) is 9.92. The van der Waals surface area contributed by atoms with E-state index in [1.807, 2.05) is 19.9 Å². The van der Waals surface area contributed by atoms with Gasteiger partial charge >= 0.3 is 5.97 Å². The van der Waals surface area contributed by atoms with Crippen molar-refractivity contribution in [2.24, 2.45) is 0 Å². The predicted octanol–water partition coefficient (Wildman–Crippen LogP) is 6.41. The van der Waals surface area contributed by atoms with E-state index in [2.05, 4.69) is 5.32 Å². The normalized spacial score (nSPS) is 15.0. The molecule has 31 heavy (non-hydrogen) atoms. The van der Waals surface area contributed by atoms with Crippen LogP contribution >= 0.6 is 23.2 Å². The van der Waals surface area contributed by atoms with Crippen LogP contribution in [0.2, 0.25) is 10.0 Å². The van der Waals surface area contributed by atoms with Crippen LogP contribution in [-0.4, -0.2) is 24.6 Å². The molecule has 166 valence electrons. The first-order valence-corrected chi connectivity index (χ1v) is 11.3. The summed E-state index contributed by atoms with van der Waals surface area (Å²) in [6.07, 6.45) is 3.14. The topological polar surface area (TPSA) is 64.6 Å². The van der Waals surface area contributed by atoms with E-state index in [1.54, 1.807) is 37.3 Å². The molecule has 1 saturated carbocycles. The highest BCUT2D eigenvalue weighted by molar-refractivity contribution is 6.35. The maximum atomic E-state index is 13.5. The third-order valence-corrected chi connectivity index (χ3v) is 5.98. The molecule has 0 radical (unpaired) electrons. The summed E-state index contributed by atoms with van der Waals surface area (Å²) in [6, 6.07) is 10.3. The van der Waals surface area contributed by atoms with Gasteiger partial charge in [0, 0.05) is 15.7 Å². The van der Waals surface area contributed by atoms with Crippen LogP contribution in [-0.2, 0) is 14.9 Å². The van der Waals surface area contributed by atoms with Crippen LogP contribution in [0.15, 0.2) is 36.4 Å². The molecule has 7 heteroatoms. The van der Waals surface area contributed by atoms with Crippen molar-refractivity contribution < 1.29 is 19.1 Å². The van der Waals surface area contributed by atoms with E-state index in [-0.39, 0.29) is 24.2 Å². The third kappa shape index (κ3) is 5.16. The SMILES string of the molecule is CCOC(=O)c1cc(NC(=O)C2(c3ccc(Cl)cc3Cl)CCCC2)ccc1OC(C)C. The van der Waals surface area contributed by atoms with Gasteiger partial charge in [0.15, 0.2) is 0 Å². The first kappa shape index (κ1) is 23.4. The second-order valence-corrected chi connectivity index (χ2v) is 8.81. The largest absolute Gasteiger partial charge is 0.490 e. The van der Waals surface area contributed by atoms with Crippen molar-refractivity contribution in [3.05, 3.63) is 57.6 Å². The Hall–Kier alpha value is -2.24. The van der Waals surface area contributed by atoms with Gasteiger partial charge in [-0.2, -0.15) is 0 Å². The van der Waals surface area contributed by atoms with E-state index in [4.69, 9.17) is 32.7 Å². The van der Waals surface area contributed by atoms with Gasteiger partial charge < -0.3 is 14.8 Å². The number of carbonyl (C=O) groups is 2. The van der Waals surface area contributed by atoms with Crippen LogP contribution in [0.1, 0.15) is 62.4 Å². The number of ether oxygens (including phenoxy) is 2. The maximum Gasteiger partial charge on any atom is 0.341 e. The zero-order valence-corrected chi connectivity index (χ0v) is 19.5. The lowest BCUT2D eigenvalue weighted by atomic mass is 9.78. The molecule has 3 rings (SSSR count). The molecule has 1 amide bonds. The molecule has 1 N–H and O–H groups in total. The van der Waals surface area contributed by atoms with Crippen molar-refractivity contribution in [1.29, 1.82) is 0 Å². The zero-order chi connectivity index (χ0) is 22.6. The highest BCUT2D eigenvalue weighted by Gasteiger charge is 2.44. The average molecular weight is 464 g/mol. The number of rotatable bonds is 7. The molecule has 0 aliphatic heterocycles. The Balaban J connectivity index is 1.93. The number of hydrogen-bond acceptors (Lipinski definition) is 4. The Morgan fingerprint density at radius 1 is 1.10 bits per heavy atom. The molecule has 2 aromatic carbocycles. The van der Waals surface area contributed by atoms with Gasteiger partial charge in [-0.25, -0.2) is 4.79 Å². The predicted molar refractivity (Wildman–Crippen MR) is 123 cm³/mol. The Kier molecular flexibility index (Phi) is 7.50. The highest BCUT2D eigenvalue weighted by Crippen LogP contribution is 2.45. The molecule has 0 bridgehead atoms. The van der Waals surface area contributed by atoms with Crippen LogP contribution in [0.25, 0.3) is 0 Å². The summed E-state index contributed by atoms with van der Waals surface area (Å²) < 4.78 is 10.9. The quantitative estimate of drug-likeness (QED) is 0.481. The Bertz CT molecular complexity index is 968. The fourth-order valence-corrected chi connectivity index (χ4v) is 4.65. The standard InChI is InChI=1S/C24H27Cl2NO4/c1-4-30-22(28)18-14-17(8-10-21(18)31-15(2)3)27-23(29)24(11-5-6-12-24)19-9-7-16(25)13-20(19)26/h7-10,13-15H,4-6,11-12H2,1-3H3,(H,27,29). The monoisotopic (exact) mass is 463 g/mol. The first-order chi connectivity index (χ1) is 14.8. The number of nitrogens with one attached hydrogen (secondary N) is 1. The van der Waals surface area contributed by atoms with Crippen molar-refractivity contribution in [2.45, 2.75) is 58.0 Å². The maximum absolute atomic E-state index is 13.5. The van der Waals surface area contributed by atoms with Crippen LogP contribution in [0.3, 0.4) is 0 Å². The van der Waals surface area contributed by atoms with Crippen LogP contribution in [0.4, 0.5) is 5.69 Å². The van der Waals surface area contributed by atoms with Crippen LogP contribution < -0.4 is 10.1 Å². The van der Waals surface area contributed by atoms with Crippen LogP contribution in [0.5, 0.6) is 5.75 Å². The van der Waals surface area contributed by atoms with E-state index < -0.39 is 11.4 Å². The minimum atomic E-state index is -0.737.